The van der Waals surface area contributed by atoms with Gasteiger partial charge in [0.25, 0.3) is 0 Å². The van der Waals surface area contributed by atoms with Crippen LogP contribution in [0, 0.1) is 5.92 Å². The van der Waals surface area contributed by atoms with Crippen LogP contribution in [0.3, 0.4) is 0 Å². The molecule has 1 saturated heterocycles. The predicted octanol–water partition coefficient (Wildman–Crippen LogP) is 2.56. The number of nitrogens with zero attached hydrogens (tertiary/aromatic N) is 1. The van der Waals surface area contributed by atoms with E-state index in [0.29, 0.717) is 13.0 Å². The van der Waals surface area contributed by atoms with Gasteiger partial charge >= 0.3 is 6.18 Å². The Labute approximate surface area is 99.8 Å². The molecule has 17 heavy (non-hydrogen) atoms. The molecule has 2 rings (SSSR count). The first-order valence-corrected chi connectivity index (χ1v) is 6.47. The Balaban J connectivity index is 1.96. The minimum Gasteiger partial charge on any atom is -0.391 e. The molecular weight excluding hydrogens is 231 g/mol. The second-order valence-corrected chi connectivity index (χ2v) is 5.29. The number of halogens is 3. The summed E-state index contributed by atoms with van der Waals surface area (Å²) in [6, 6.07) is -0.0473. The Kier molecular flexibility index (Phi) is 3.98. The molecule has 0 radical (unpaired) electrons. The third-order valence-electron chi connectivity index (χ3n) is 4.08. The second kappa shape index (κ2) is 5.14. The van der Waals surface area contributed by atoms with Gasteiger partial charge in [0.2, 0.25) is 0 Å². The fraction of sp³-hybridized carbons (Fsp3) is 1.00. The molecule has 0 aromatic rings. The maximum Gasteiger partial charge on any atom is 0.393 e. The lowest BCUT2D eigenvalue weighted by Gasteiger charge is -2.42. The summed E-state index contributed by atoms with van der Waals surface area (Å²) < 4.78 is 38.1. The van der Waals surface area contributed by atoms with E-state index in [1.54, 1.807) is 0 Å². The molecule has 1 N–H and O–H groups in total. The van der Waals surface area contributed by atoms with Crippen molar-refractivity contribution in [3.8, 4) is 0 Å². The zero-order chi connectivity index (χ0) is 12.5. The van der Waals surface area contributed by atoms with Crippen LogP contribution in [0.5, 0.6) is 0 Å². The third-order valence-corrected chi connectivity index (χ3v) is 4.08. The maximum absolute atomic E-state index is 12.7. The van der Waals surface area contributed by atoms with Gasteiger partial charge in [0.05, 0.1) is 12.0 Å². The lowest BCUT2D eigenvalue weighted by atomic mass is 9.88. The Morgan fingerprint density at radius 2 is 1.71 bits per heavy atom. The van der Waals surface area contributed by atoms with E-state index in [-0.39, 0.29) is 19.0 Å². The highest BCUT2D eigenvalue weighted by atomic mass is 19.4. The van der Waals surface area contributed by atoms with Crippen molar-refractivity contribution < 1.29 is 18.3 Å². The van der Waals surface area contributed by atoms with Gasteiger partial charge in [-0.3, -0.25) is 4.90 Å². The summed E-state index contributed by atoms with van der Waals surface area (Å²) in [5.74, 6) is -1.20. The molecule has 5 heteroatoms. The van der Waals surface area contributed by atoms with Gasteiger partial charge < -0.3 is 5.11 Å². The van der Waals surface area contributed by atoms with Crippen LogP contribution in [0.15, 0.2) is 0 Å². The lowest BCUT2D eigenvalue weighted by molar-refractivity contribution is -0.191. The number of alkyl halides is 3. The monoisotopic (exact) mass is 251 g/mol. The minimum atomic E-state index is -4.09. The quantitative estimate of drug-likeness (QED) is 0.774. The molecule has 2 fully saturated rings. The van der Waals surface area contributed by atoms with Crippen molar-refractivity contribution in [1.82, 2.24) is 4.90 Å². The molecule has 2 aliphatic rings. The fourth-order valence-electron chi connectivity index (χ4n) is 3.09. The molecule has 0 bridgehead atoms. The standard InChI is InChI=1S/C12H20F3NO/c13-12(14,15)9-4-3-7-16(8-9)10-5-1-2-6-11(10)17/h9-11,17H,1-8H2/t9?,10-,11-/m1/s1. The summed E-state index contributed by atoms with van der Waals surface area (Å²) in [5, 5.41) is 9.89. The number of likely N-dealkylation sites (tertiary alicyclic amines) is 1. The summed E-state index contributed by atoms with van der Waals surface area (Å²) in [4.78, 5) is 1.87. The SMILES string of the molecule is O[C@@H]1CCCC[C@H]1N1CCCC(C(F)(F)F)C1. The van der Waals surface area contributed by atoms with Crippen molar-refractivity contribution >= 4 is 0 Å². The zero-order valence-electron chi connectivity index (χ0n) is 9.92. The third kappa shape index (κ3) is 3.13. The Morgan fingerprint density at radius 1 is 1.00 bits per heavy atom. The average Bonchev–Trinajstić information content (AvgIpc) is 2.29. The minimum absolute atomic E-state index is 0.0473. The van der Waals surface area contributed by atoms with Gasteiger partial charge in [0, 0.05) is 12.6 Å². The van der Waals surface area contributed by atoms with Gasteiger partial charge in [-0.25, -0.2) is 0 Å². The van der Waals surface area contributed by atoms with Crippen molar-refractivity contribution in [2.24, 2.45) is 5.92 Å². The second-order valence-electron chi connectivity index (χ2n) is 5.29. The van der Waals surface area contributed by atoms with Crippen LogP contribution >= 0.6 is 0 Å². The van der Waals surface area contributed by atoms with E-state index in [1.807, 2.05) is 4.90 Å². The molecule has 100 valence electrons. The topological polar surface area (TPSA) is 23.5 Å². The molecule has 1 saturated carbocycles. The van der Waals surface area contributed by atoms with Gasteiger partial charge in [0.15, 0.2) is 0 Å². The van der Waals surface area contributed by atoms with Crippen LogP contribution in [0.4, 0.5) is 13.2 Å². The molecule has 0 spiro atoms. The van der Waals surface area contributed by atoms with E-state index >= 15 is 0 Å². The highest BCUT2D eigenvalue weighted by molar-refractivity contribution is 4.87. The normalized spacial score (nSPS) is 37.1. The van der Waals surface area contributed by atoms with E-state index in [4.69, 9.17) is 0 Å². The van der Waals surface area contributed by atoms with Gasteiger partial charge in [-0.15, -0.1) is 0 Å². The molecular formula is C12H20F3NO. The number of hydrogen-bond acceptors (Lipinski definition) is 2. The van der Waals surface area contributed by atoms with E-state index in [9.17, 15) is 18.3 Å². The molecule has 1 aliphatic heterocycles. The summed E-state index contributed by atoms with van der Waals surface area (Å²) in [6.45, 7) is 0.777. The van der Waals surface area contributed by atoms with Gasteiger partial charge in [-0.05, 0) is 32.2 Å². The van der Waals surface area contributed by atoms with Crippen LogP contribution in [0.1, 0.15) is 38.5 Å². The molecule has 3 atom stereocenters. The molecule has 1 unspecified atom stereocenters. The van der Waals surface area contributed by atoms with Crippen molar-refractivity contribution in [2.45, 2.75) is 56.8 Å². The van der Waals surface area contributed by atoms with Crippen molar-refractivity contribution in [1.29, 1.82) is 0 Å². The van der Waals surface area contributed by atoms with Crippen LogP contribution < -0.4 is 0 Å². The Hall–Kier alpha value is -0.290. The van der Waals surface area contributed by atoms with E-state index < -0.39 is 18.2 Å². The predicted molar refractivity (Wildman–Crippen MR) is 58.6 cm³/mol. The average molecular weight is 251 g/mol. The zero-order valence-corrected chi connectivity index (χ0v) is 9.92. The first-order valence-electron chi connectivity index (χ1n) is 6.47. The maximum atomic E-state index is 12.7. The van der Waals surface area contributed by atoms with E-state index in [1.165, 1.54) is 0 Å². The van der Waals surface area contributed by atoms with Crippen molar-refractivity contribution in [3.05, 3.63) is 0 Å². The first-order chi connectivity index (χ1) is 7.98. The first kappa shape index (κ1) is 13.1. The summed E-state index contributed by atoms with van der Waals surface area (Å²) in [5.41, 5.74) is 0. The molecule has 1 aliphatic carbocycles. The molecule has 2 nitrogen and oxygen atoms in total. The van der Waals surface area contributed by atoms with Crippen molar-refractivity contribution in [3.63, 3.8) is 0 Å². The van der Waals surface area contributed by atoms with Crippen LogP contribution in [-0.4, -0.2) is 41.4 Å². The highest BCUT2D eigenvalue weighted by Gasteiger charge is 2.43. The smallest absolute Gasteiger partial charge is 0.391 e. The van der Waals surface area contributed by atoms with Gasteiger partial charge in [-0.1, -0.05) is 12.8 Å². The summed E-state index contributed by atoms with van der Waals surface area (Å²) in [6.07, 6.45) is -0.1000. The molecule has 1 heterocycles. The molecule has 0 amide bonds. The summed E-state index contributed by atoms with van der Waals surface area (Å²) >= 11 is 0. The van der Waals surface area contributed by atoms with E-state index in [0.717, 1.165) is 25.7 Å². The molecule has 0 aromatic heterocycles. The Morgan fingerprint density at radius 3 is 2.35 bits per heavy atom. The number of aliphatic hydroxyl groups excluding tert-OH is 1. The highest BCUT2D eigenvalue weighted by Crippen LogP contribution is 2.35. The van der Waals surface area contributed by atoms with Crippen LogP contribution in [0.2, 0.25) is 0 Å². The number of aliphatic hydroxyl groups is 1. The van der Waals surface area contributed by atoms with E-state index in [2.05, 4.69) is 0 Å². The molecule has 0 aromatic carbocycles. The van der Waals surface area contributed by atoms with Crippen molar-refractivity contribution in [2.75, 3.05) is 13.1 Å². The van der Waals surface area contributed by atoms with Crippen LogP contribution in [-0.2, 0) is 0 Å². The van der Waals surface area contributed by atoms with Gasteiger partial charge in [-0.2, -0.15) is 13.2 Å². The fourth-order valence-corrected chi connectivity index (χ4v) is 3.09. The largest absolute Gasteiger partial charge is 0.393 e. The van der Waals surface area contributed by atoms with Crippen LogP contribution in [0.25, 0.3) is 0 Å². The Bertz CT molecular complexity index is 257. The number of piperidine rings is 1. The number of hydrogen-bond donors (Lipinski definition) is 1. The number of rotatable bonds is 1. The lowest BCUT2D eigenvalue weighted by Crippen LogP contribution is -2.51. The summed E-state index contributed by atoms with van der Waals surface area (Å²) in [7, 11) is 0. The van der Waals surface area contributed by atoms with Gasteiger partial charge in [0.1, 0.15) is 0 Å².